The Bertz CT molecular complexity index is 919. The fourth-order valence-corrected chi connectivity index (χ4v) is 3.66. The van der Waals surface area contributed by atoms with Gasteiger partial charge in [0.15, 0.2) is 0 Å². The molecule has 0 saturated carbocycles. The molecule has 4 amide bonds. The monoisotopic (exact) mass is 518 g/mol. The molecule has 1 rings (SSSR count). The molecule has 0 aromatic heterocycles. The zero-order valence-corrected chi connectivity index (χ0v) is 22.9. The zero-order chi connectivity index (χ0) is 28.1. The third-order valence-corrected chi connectivity index (χ3v) is 5.76. The number of benzene rings is 1. The quantitative estimate of drug-likeness (QED) is 0.275. The molecule has 4 N–H and O–H groups in total. The molecule has 0 fully saturated rings. The first kappa shape index (κ1) is 31.6. The minimum absolute atomic E-state index is 0.0658. The van der Waals surface area contributed by atoms with E-state index in [1.165, 1.54) is 14.0 Å². The number of methoxy groups -OCH3 is 1. The Morgan fingerprint density at radius 3 is 1.89 bits per heavy atom. The summed E-state index contributed by atoms with van der Waals surface area (Å²) >= 11 is 0. The SMILES string of the molecule is CCC(=O)N[C@@H](Cc1ccccc1)C(=O)N[C@H](C(=O)N[C@@H](CC(C)C)C(=O)N[C@@H](C)C(=O)OC)C(C)C. The van der Waals surface area contributed by atoms with Gasteiger partial charge in [-0.1, -0.05) is 65.0 Å². The molecule has 0 spiro atoms. The van der Waals surface area contributed by atoms with E-state index in [0.717, 1.165) is 5.56 Å². The van der Waals surface area contributed by atoms with Crippen molar-refractivity contribution in [3.05, 3.63) is 35.9 Å². The summed E-state index contributed by atoms with van der Waals surface area (Å²) in [6, 6.07) is 5.63. The van der Waals surface area contributed by atoms with Gasteiger partial charge < -0.3 is 26.0 Å². The Labute approximate surface area is 219 Å². The summed E-state index contributed by atoms with van der Waals surface area (Å²) in [6.45, 7) is 10.5. The molecular weight excluding hydrogens is 476 g/mol. The van der Waals surface area contributed by atoms with Crippen LogP contribution in [0.25, 0.3) is 0 Å². The van der Waals surface area contributed by atoms with Gasteiger partial charge in [0.25, 0.3) is 0 Å². The first-order valence-corrected chi connectivity index (χ1v) is 12.7. The van der Waals surface area contributed by atoms with E-state index in [1.807, 2.05) is 44.2 Å². The predicted octanol–water partition coefficient (Wildman–Crippen LogP) is 1.47. The molecule has 0 radical (unpaired) electrons. The molecule has 10 nitrogen and oxygen atoms in total. The normalized spacial score (nSPS) is 14.2. The van der Waals surface area contributed by atoms with Crippen LogP contribution in [0.2, 0.25) is 0 Å². The third-order valence-electron chi connectivity index (χ3n) is 5.76. The zero-order valence-electron chi connectivity index (χ0n) is 22.9. The second kappa shape index (κ2) is 15.6. The second-order valence-corrected chi connectivity index (χ2v) is 9.84. The van der Waals surface area contributed by atoms with E-state index in [2.05, 4.69) is 26.0 Å². The fraction of sp³-hybridized carbons (Fsp3) is 0.593. The van der Waals surface area contributed by atoms with Gasteiger partial charge in [-0.25, -0.2) is 4.79 Å². The minimum Gasteiger partial charge on any atom is -0.467 e. The number of nitrogens with one attached hydrogen (secondary N) is 4. The van der Waals surface area contributed by atoms with E-state index in [9.17, 15) is 24.0 Å². The van der Waals surface area contributed by atoms with E-state index in [4.69, 9.17) is 0 Å². The number of hydrogen-bond acceptors (Lipinski definition) is 6. The Kier molecular flexibility index (Phi) is 13.4. The van der Waals surface area contributed by atoms with Gasteiger partial charge >= 0.3 is 5.97 Å². The first-order chi connectivity index (χ1) is 17.4. The molecule has 0 aliphatic carbocycles. The van der Waals surface area contributed by atoms with Crippen molar-refractivity contribution < 1.29 is 28.7 Å². The van der Waals surface area contributed by atoms with Gasteiger partial charge in [0, 0.05) is 12.8 Å². The molecule has 0 unspecified atom stereocenters. The van der Waals surface area contributed by atoms with Crippen molar-refractivity contribution >= 4 is 29.6 Å². The van der Waals surface area contributed by atoms with Gasteiger partial charge in [-0.05, 0) is 30.7 Å². The topological polar surface area (TPSA) is 143 Å². The Balaban J connectivity index is 3.05. The smallest absolute Gasteiger partial charge is 0.328 e. The molecular formula is C27H42N4O6. The highest BCUT2D eigenvalue weighted by molar-refractivity contribution is 5.95. The molecule has 0 saturated heterocycles. The largest absolute Gasteiger partial charge is 0.467 e. The lowest BCUT2D eigenvalue weighted by molar-refractivity contribution is -0.145. The van der Waals surface area contributed by atoms with Crippen molar-refractivity contribution in [1.29, 1.82) is 0 Å². The highest BCUT2D eigenvalue weighted by Gasteiger charge is 2.32. The average Bonchev–Trinajstić information content (AvgIpc) is 2.85. The highest BCUT2D eigenvalue weighted by Crippen LogP contribution is 2.10. The lowest BCUT2D eigenvalue weighted by Gasteiger charge is -2.28. The summed E-state index contributed by atoms with van der Waals surface area (Å²) in [5.41, 5.74) is 0.859. The van der Waals surface area contributed by atoms with Crippen molar-refractivity contribution in [1.82, 2.24) is 21.3 Å². The third kappa shape index (κ3) is 11.0. The summed E-state index contributed by atoms with van der Waals surface area (Å²) in [4.78, 5) is 63.2. The van der Waals surface area contributed by atoms with Crippen LogP contribution in [0.15, 0.2) is 30.3 Å². The number of carbonyl (C=O) groups is 5. The molecule has 0 bridgehead atoms. The van der Waals surface area contributed by atoms with Crippen LogP contribution < -0.4 is 21.3 Å². The van der Waals surface area contributed by atoms with Crippen LogP contribution in [0.5, 0.6) is 0 Å². The standard InChI is InChI=1S/C27H42N4O6/c1-8-22(32)29-21(15-19-12-10-9-11-13-19)25(34)31-23(17(4)5)26(35)30-20(14-16(2)3)24(33)28-18(6)27(36)37-7/h9-13,16-18,20-21,23H,8,14-15H2,1-7H3,(H,28,33)(H,29,32)(H,30,35)(H,31,34)/t18-,20-,21-,23-/m0/s1. The van der Waals surface area contributed by atoms with Gasteiger partial charge in [-0.2, -0.15) is 0 Å². The van der Waals surface area contributed by atoms with Crippen LogP contribution in [0.1, 0.15) is 59.9 Å². The van der Waals surface area contributed by atoms with Crippen molar-refractivity contribution in [2.45, 2.75) is 85.0 Å². The van der Waals surface area contributed by atoms with Crippen LogP contribution in [0.4, 0.5) is 0 Å². The van der Waals surface area contributed by atoms with Crippen LogP contribution in [0, 0.1) is 11.8 Å². The lowest BCUT2D eigenvalue weighted by atomic mass is 9.98. The second-order valence-electron chi connectivity index (χ2n) is 9.84. The molecule has 0 heterocycles. The van der Waals surface area contributed by atoms with Crippen LogP contribution >= 0.6 is 0 Å². The number of ether oxygens (including phenoxy) is 1. The summed E-state index contributed by atoms with van der Waals surface area (Å²) in [5.74, 6) is -2.68. The molecule has 0 aliphatic rings. The van der Waals surface area contributed by atoms with E-state index in [1.54, 1.807) is 20.8 Å². The molecule has 1 aromatic carbocycles. The minimum atomic E-state index is -0.954. The predicted molar refractivity (Wildman–Crippen MR) is 140 cm³/mol. The van der Waals surface area contributed by atoms with Gasteiger partial charge in [0.05, 0.1) is 7.11 Å². The van der Waals surface area contributed by atoms with Gasteiger partial charge in [-0.3, -0.25) is 19.2 Å². The highest BCUT2D eigenvalue weighted by atomic mass is 16.5. The molecule has 4 atom stereocenters. The average molecular weight is 519 g/mol. The van der Waals surface area contributed by atoms with Crippen molar-refractivity contribution in [2.24, 2.45) is 11.8 Å². The fourth-order valence-electron chi connectivity index (χ4n) is 3.66. The molecule has 37 heavy (non-hydrogen) atoms. The van der Waals surface area contributed by atoms with E-state index < -0.39 is 47.9 Å². The van der Waals surface area contributed by atoms with Gasteiger partial charge in [-0.15, -0.1) is 0 Å². The van der Waals surface area contributed by atoms with Crippen LogP contribution in [-0.4, -0.2) is 60.9 Å². The van der Waals surface area contributed by atoms with Crippen LogP contribution in [-0.2, 0) is 35.1 Å². The Morgan fingerprint density at radius 2 is 1.38 bits per heavy atom. The van der Waals surface area contributed by atoms with Crippen molar-refractivity contribution in [3.63, 3.8) is 0 Å². The number of amides is 4. The molecule has 1 aromatic rings. The van der Waals surface area contributed by atoms with Crippen molar-refractivity contribution in [3.8, 4) is 0 Å². The molecule has 206 valence electrons. The summed E-state index contributed by atoms with van der Waals surface area (Å²) < 4.78 is 4.65. The lowest BCUT2D eigenvalue weighted by Crippen LogP contribution is -2.59. The maximum atomic E-state index is 13.3. The maximum Gasteiger partial charge on any atom is 0.328 e. The molecule has 10 heteroatoms. The number of hydrogen-bond donors (Lipinski definition) is 4. The van der Waals surface area contributed by atoms with Gasteiger partial charge in [0.2, 0.25) is 23.6 Å². The first-order valence-electron chi connectivity index (χ1n) is 12.7. The number of rotatable bonds is 14. The Morgan fingerprint density at radius 1 is 0.784 bits per heavy atom. The summed E-state index contributed by atoms with van der Waals surface area (Å²) in [7, 11) is 1.22. The number of esters is 1. The Hall–Kier alpha value is -3.43. The number of carbonyl (C=O) groups excluding carboxylic acids is 5. The van der Waals surface area contributed by atoms with Crippen LogP contribution in [0.3, 0.4) is 0 Å². The van der Waals surface area contributed by atoms with E-state index >= 15 is 0 Å². The summed E-state index contributed by atoms with van der Waals surface area (Å²) in [5, 5.41) is 10.8. The van der Waals surface area contributed by atoms with E-state index in [-0.39, 0.29) is 30.6 Å². The maximum absolute atomic E-state index is 13.3. The van der Waals surface area contributed by atoms with Gasteiger partial charge in [0.1, 0.15) is 24.2 Å². The summed E-state index contributed by atoms with van der Waals surface area (Å²) in [6.07, 6.45) is 0.796. The van der Waals surface area contributed by atoms with E-state index in [0.29, 0.717) is 6.42 Å². The van der Waals surface area contributed by atoms with Crippen molar-refractivity contribution in [2.75, 3.05) is 7.11 Å². The molecule has 0 aliphatic heterocycles.